The van der Waals surface area contributed by atoms with Gasteiger partial charge in [0, 0.05) is 18.0 Å². The first-order chi connectivity index (χ1) is 8.97. The average Bonchev–Trinajstić information content (AvgIpc) is 2.39. The largest absolute Gasteiger partial charge is 0.297 e. The second-order valence-electron chi connectivity index (χ2n) is 6.13. The highest BCUT2D eigenvalue weighted by Gasteiger charge is 2.43. The molecule has 1 aromatic rings. The highest BCUT2D eigenvalue weighted by atomic mass is 16.1. The van der Waals surface area contributed by atoms with Gasteiger partial charge in [-0.3, -0.25) is 14.7 Å². The molecule has 0 spiro atoms. The number of nitrogens with zero attached hydrogens (tertiary/aromatic N) is 2. The van der Waals surface area contributed by atoms with E-state index in [1.54, 1.807) is 12.4 Å². The van der Waals surface area contributed by atoms with Crippen molar-refractivity contribution < 1.29 is 4.79 Å². The monoisotopic (exact) mass is 260 g/mol. The number of hydrogen-bond donors (Lipinski definition) is 0. The molecular formula is C16H24N2O. The fourth-order valence-electron chi connectivity index (χ4n) is 3.07. The number of ketones is 1. The summed E-state index contributed by atoms with van der Waals surface area (Å²) in [5, 5.41) is 0. The maximum absolute atomic E-state index is 13.0. The summed E-state index contributed by atoms with van der Waals surface area (Å²) in [7, 11) is 4.05. The lowest BCUT2D eigenvalue weighted by Crippen LogP contribution is -2.53. The standard InChI is InChI=1S/C16H24N2O/c1-12-5-8-16(9-6-12,18(3)4)15(19)14-11-17-10-7-13(14)2/h7,10-12H,5-6,8-9H2,1-4H3. The molecule has 0 atom stereocenters. The van der Waals surface area contributed by atoms with Gasteiger partial charge >= 0.3 is 0 Å². The number of pyridine rings is 1. The third-order valence-electron chi connectivity index (χ3n) is 4.66. The van der Waals surface area contributed by atoms with E-state index in [4.69, 9.17) is 0 Å². The molecule has 2 rings (SSSR count). The van der Waals surface area contributed by atoms with E-state index in [9.17, 15) is 4.79 Å². The van der Waals surface area contributed by atoms with Crippen LogP contribution in [0.2, 0.25) is 0 Å². The van der Waals surface area contributed by atoms with E-state index in [1.165, 1.54) is 0 Å². The van der Waals surface area contributed by atoms with Gasteiger partial charge in [0.05, 0.1) is 5.54 Å². The highest BCUT2D eigenvalue weighted by molar-refractivity contribution is 6.04. The molecule has 1 heterocycles. The molecule has 1 aliphatic rings. The highest BCUT2D eigenvalue weighted by Crippen LogP contribution is 2.37. The van der Waals surface area contributed by atoms with E-state index in [0.29, 0.717) is 0 Å². The maximum Gasteiger partial charge on any atom is 0.184 e. The van der Waals surface area contributed by atoms with Crippen LogP contribution in [0.4, 0.5) is 0 Å². The first kappa shape index (κ1) is 14.2. The van der Waals surface area contributed by atoms with Gasteiger partial charge in [0.2, 0.25) is 0 Å². The number of carbonyl (C=O) groups is 1. The Hall–Kier alpha value is -1.22. The van der Waals surface area contributed by atoms with E-state index >= 15 is 0 Å². The predicted molar refractivity (Wildman–Crippen MR) is 77.4 cm³/mol. The molecule has 1 fully saturated rings. The molecule has 104 valence electrons. The Morgan fingerprint density at radius 1 is 1.37 bits per heavy atom. The van der Waals surface area contributed by atoms with Crippen LogP contribution < -0.4 is 0 Å². The number of carbonyl (C=O) groups excluding carboxylic acids is 1. The van der Waals surface area contributed by atoms with E-state index in [2.05, 4.69) is 16.8 Å². The van der Waals surface area contributed by atoms with Crippen molar-refractivity contribution in [2.24, 2.45) is 5.92 Å². The minimum atomic E-state index is -0.333. The average molecular weight is 260 g/mol. The van der Waals surface area contributed by atoms with E-state index in [0.717, 1.165) is 42.7 Å². The van der Waals surface area contributed by atoms with Crippen LogP contribution >= 0.6 is 0 Å². The molecule has 3 heteroatoms. The first-order valence-electron chi connectivity index (χ1n) is 7.10. The first-order valence-corrected chi connectivity index (χ1v) is 7.10. The van der Waals surface area contributed by atoms with Gasteiger partial charge < -0.3 is 0 Å². The summed E-state index contributed by atoms with van der Waals surface area (Å²) < 4.78 is 0. The van der Waals surface area contributed by atoms with Crippen molar-refractivity contribution >= 4 is 5.78 Å². The number of likely N-dealkylation sites (N-methyl/N-ethyl adjacent to an activating group) is 1. The van der Waals surface area contributed by atoms with Crippen molar-refractivity contribution in [1.29, 1.82) is 0 Å². The molecule has 0 saturated heterocycles. The molecule has 19 heavy (non-hydrogen) atoms. The molecular weight excluding hydrogens is 236 g/mol. The topological polar surface area (TPSA) is 33.2 Å². The minimum absolute atomic E-state index is 0.245. The number of rotatable bonds is 3. The summed E-state index contributed by atoms with van der Waals surface area (Å²) in [5.74, 6) is 0.978. The Morgan fingerprint density at radius 2 is 2.00 bits per heavy atom. The lowest BCUT2D eigenvalue weighted by atomic mass is 9.72. The Balaban J connectivity index is 2.35. The fraction of sp³-hybridized carbons (Fsp3) is 0.625. The number of Topliss-reactive ketones (excluding diaryl/α,β-unsaturated/α-hetero) is 1. The summed E-state index contributed by atoms with van der Waals surface area (Å²) in [6, 6.07) is 1.92. The lowest BCUT2D eigenvalue weighted by molar-refractivity contribution is 0.0512. The number of aryl methyl sites for hydroxylation is 1. The van der Waals surface area contributed by atoms with Gasteiger partial charge in [-0.1, -0.05) is 6.92 Å². The molecule has 0 unspecified atom stereocenters. The Morgan fingerprint density at radius 3 is 2.53 bits per heavy atom. The van der Waals surface area contributed by atoms with Crippen molar-refractivity contribution in [1.82, 2.24) is 9.88 Å². The van der Waals surface area contributed by atoms with Crippen molar-refractivity contribution in [2.75, 3.05) is 14.1 Å². The lowest BCUT2D eigenvalue weighted by Gasteiger charge is -2.43. The van der Waals surface area contributed by atoms with Gasteiger partial charge in [0.1, 0.15) is 0 Å². The Labute approximate surface area is 116 Å². The maximum atomic E-state index is 13.0. The number of hydrogen-bond acceptors (Lipinski definition) is 3. The molecule has 1 aliphatic carbocycles. The van der Waals surface area contributed by atoms with Gasteiger partial charge in [-0.25, -0.2) is 0 Å². The van der Waals surface area contributed by atoms with Crippen molar-refractivity contribution in [3.8, 4) is 0 Å². The molecule has 0 bridgehead atoms. The van der Waals surface area contributed by atoms with Gasteiger partial charge in [-0.2, -0.15) is 0 Å². The molecule has 1 saturated carbocycles. The van der Waals surface area contributed by atoms with Crippen LogP contribution in [0.15, 0.2) is 18.5 Å². The second kappa shape index (κ2) is 5.41. The molecule has 3 nitrogen and oxygen atoms in total. The third-order valence-corrected chi connectivity index (χ3v) is 4.66. The third kappa shape index (κ3) is 2.57. The van der Waals surface area contributed by atoms with E-state index in [1.807, 2.05) is 27.1 Å². The fourth-order valence-corrected chi connectivity index (χ4v) is 3.07. The van der Waals surface area contributed by atoms with Crippen LogP contribution in [0.25, 0.3) is 0 Å². The SMILES string of the molecule is Cc1ccncc1C(=O)C1(N(C)C)CCC(C)CC1. The van der Waals surface area contributed by atoms with Gasteiger partial charge in [0.25, 0.3) is 0 Å². The Bertz CT molecular complexity index is 460. The van der Waals surface area contributed by atoms with Crippen LogP contribution in [-0.2, 0) is 0 Å². The van der Waals surface area contributed by atoms with E-state index in [-0.39, 0.29) is 11.3 Å². The second-order valence-corrected chi connectivity index (χ2v) is 6.13. The van der Waals surface area contributed by atoms with Crippen molar-refractivity contribution in [2.45, 2.75) is 45.1 Å². The van der Waals surface area contributed by atoms with Crippen LogP contribution in [0.5, 0.6) is 0 Å². The van der Waals surface area contributed by atoms with Gasteiger partial charge in [0.15, 0.2) is 5.78 Å². The molecule has 0 aromatic carbocycles. The van der Waals surface area contributed by atoms with Crippen molar-refractivity contribution in [3.63, 3.8) is 0 Å². The minimum Gasteiger partial charge on any atom is -0.297 e. The summed E-state index contributed by atoms with van der Waals surface area (Å²) in [4.78, 5) is 19.3. The zero-order valence-electron chi connectivity index (χ0n) is 12.4. The predicted octanol–water partition coefficient (Wildman–Crippen LogP) is 3.08. The van der Waals surface area contributed by atoms with E-state index < -0.39 is 0 Å². The molecule has 0 radical (unpaired) electrons. The van der Waals surface area contributed by atoms with Crippen LogP contribution in [0, 0.1) is 12.8 Å². The summed E-state index contributed by atoms with van der Waals surface area (Å²) in [6.07, 6.45) is 7.63. The molecule has 0 aliphatic heterocycles. The summed E-state index contributed by atoms with van der Waals surface area (Å²) in [6.45, 7) is 4.27. The van der Waals surface area contributed by atoms with Crippen molar-refractivity contribution in [3.05, 3.63) is 29.6 Å². The Kier molecular flexibility index (Phi) is 4.04. The number of aromatic nitrogens is 1. The zero-order valence-corrected chi connectivity index (χ0v) is 12.4. The molecule has 0 N–H and O–H groups in total. The van der Waals surface area contributed by atoms with Gasteiger partial charge in [-0.15, -0.1) is 0 Å². The van der Waals surface area contributed by atoms with Crippen LogP contribution in [0.3, 0.4) is 0 Å². The quantitative estimate of drug-likeness (QED) is 0.783. The normalized spacial score (nSPS) is 27.5. The van der Waals surface area contributed by atoms with Gasteiger partial charge in [-0.05, 0) is 64.3 Å². The smallest absolute Gasteiger partial charge is 0.184 e. The summed E-state index contributed by atoms with van der Waals surface area (Å²) in [5.41, 5.74) is 1.48. The molecule has 0 amide bonds. The summed E-state index contributed by atoms with van der Waals surface area (Å²) >= 11 is 0. The van der Waals surface area contributed by atoms with Crippen LogP contribution in [-0.4, -0.2) is 35.3 Å². The van der Waals surface area contributed by atoms with Crippen LogP contribution in [0.1, 0.15) is 48.5 Å². The molecule has 1 aromatic heterocycles. The zero-order chi connectivity index (χ0) is 14.0.